The first-order valence-corrected chi connectivity index (χ1v) is 5.95. The van der Waals surface area contributed by atoms with Crippen molar-refractivity contribution in [3.63, 3.8) is 0 Å². The first-order chi connectivity index (χ1) is 7.69. The van der Waals surface area contributed by atoms with Crippen LogP contribution < -0.4 is 10.6 Å². The number of likely N-dealkylation sites (N-methyl/N-ethyl adjacent to an activating group) is 2. The van der Waals surface area contributed by atoms with Gasteiger partial charge in [0.05, 0.1) is 12.5 Å². The van der Waals surface area contributed by atoms with Crippen LogP contribution in [0.3, 0.4) is 0 Å². The van der Waals surface area contributed by atoms with Crippen molar-refractivity contribution in [1.29, 1.82) is 0 Å². The molecule has 92 valence electrons. The van der Waals surface area contributed by atoms with Gasteiger partial charge in [0.1, 0.15) is 0 Å². The van der Waals surface area contributed by atoms with Gasteiger partial charge in [0.2, 0.25) is 11.8 Å². The smallest absolute Gasteiger partial charge is 0.239 e. The lowest BCUT2D eigenvalue weighted by Gasteiger charge is -2.23. The maximum Gasteiger partial charge on any atom is 0.239 e. The molecule has 1 heterocycles. The average Bonchev–Trinajstić information content (AvgIpc) is 2.78. The number of amides is 2. The molecule has 0 aromatic carbocycles. The van der Waals surface area contributed by atoms with Crippen LogP contribution in [0.2, 0.25) is 0 Å². The van der Waals surface area contributed by atoms with Crippen molar-refractivity contribution in [3.05, 3.63) is 0 Å². The Kier molecular flexibility index (Phi) is 5.25. The van der Waals surface area contributed by atoms with Crippen molar-refractivity contribution >= 4 is 11.8 Å². The number of nitrogens with zero attached hydrogens (tertiary/aromatic N) is 1. The highest BCUT2D eigenvalue weighted by Gasteiger charge is 2.27. The van der Waals surface area contributed by atoms with Crippen molar-refractivity contribution in [2.45, 2.75) is 20.3 Å². The molecule has 1 fully saturated rings. The van der Waals surface area contributed by atoms with Gasteiger partial charge in [-0.2, -0.15) is 0 Å². The average molecular weight is 227 g/mol. The Hall–Kier alpha value is -1.10. The summed E-state index contributed by atoms with van der Waals surface area (Å²) in [4.78, 5) is 25.1. The zero-order valence-corrected chi connectivity index (χ0v) is 10.1. The Labute approximate surface area is 96.6 Å². The van der Waals surface area contributed by atoms with E-state index in [1.807, 2.05) is 13.8 Å². The molecule has 0 bridgehead atoms. The molecule has 0 aromatic heterocycles. The van der Waals surface area contributed by atoms with E-state index in [0.717, 1.165) is 19.5 Å². The van der Waals surface area contributed by atoms with Crippen LogP contribution in [0.1, 0.15) is 20.3 Å². The van der Waals surface area contributed by atoms with Crippen molar-refractivity contribution in [2.24, 2.45) is 5.92 Å². The first-order valence-electron chi connectivity index (χ1n) is 5.95. The zero-order valence-electron chi connectivity index (χ0n) is 10.1. The van der Waals surface area contributed by atoms with Gasteiger partial charge >= 0.3 is 0 Å². The molecule has 0 aliphatic carbocycles. The number of nitrogens with one attached hydrogen (secondary N) is 2. The Morgan fingerprint density at radius 3 is 2.69 bits per heavy atom. The van der Waals surface area contributed by atoms with Gasteiger partial charge in [-0.05, 0) is 26.8 Å². The maximum atomic E-state index is 12.0. The number of carbonyl (C=O) groups is 2. The predicted octanol–water partition coefficient (Wildman–Crippen LogP) is -0.419. The molecule has 0 radical (unpaired) electrons. The summed E-state index contributed by atoms with van der Waals surface area (Å²) in [7, 11) is 0. The number of hydrogen-bond donors (Lipinski definition) is 2. The van der Waals surface area contributed by atoms with Crippen LogP contribution in [0, 0.1) is 5.92 Å². The van der Waals surface area contributed by atoms with E-state index in [2.05, 4.69) is 10.6 Å². The molecular formula is C11H21N3O2. The Bertz CT molecular complexity index is 250. The molecule has 1 unspecified atom stereocenters. The second kappa shape index (κ2) is 6.48. The van der Waals surface area contributed by atoms with Crippen molar-refractivity contribution in [1.82, 2.24) is 15.5 Å². The van der Waals surface area contributed by atoms with Crippen LogP contribution in [0.5, 0.6) is 0 Å². The van der Waals surface area contributed by atoms with E-state index in [0.29, 0.717) is 13.1 Å². The molecule has 1 aliphatic rings. The first kappa shape index (κ1) is 13.0. The van der Waals surface area contributed by atoms with Gasteiger partial charge < -0.3 is 15.5 Å². The minimum absolute atomic E-state index is 0.0503. The largest absolute Gasteiger partial charge is 0.355 e. The van der Waals surface area contributed by atoms with Gasteiger partial charge in [-0.25, -0.2) is 0 Å². The zero-order chi connectivity index (χ0) is 12.0. The third kappa shape index (κ3) is 3.48. The topological polar surface area (TPSA) is 61.4 Å². The van der Waals surface area contributed by atoms with Crippen LogP contribution in [0.25, 0.3) is 0 Å². The number of rotatable bonds is 5. The van der Waals surface area contributed by atoms with Crippen LogP contribution in [-0.4, -0.2) is 49.4 Å². The standard InChI is InChI=1S/C11H21N3O2/c1-3-13-10(15)8-14(4-2)11(16)9-5-6-12-7-9/h9,12H,3-8H2,1-2H3,(H,13,15). The highest BCUT2D eigenvalue weighted by atomic mass is 16.2. The predicted molar refractivity (Wildman–Crippen MR) is 61.9 cm³/mol. The molecule has 2 N–H and O–H groups in total. The summed E-state index contributed by atoms with van der Waals surface area (Å²) < 4.78 is 0. The monoisotopic (exact) mass is 227 g/mol. The Morgan fingerprint density at radius 1 is 1.44 bits per heavy atom. The number of carbonyl (C=O) groups excluding carboxylic acids is 2. The molecule has 0 spiro atoms. The Morgan fingerprint density at radius 2 is 2.19 bits per heavy atom. The van der Waals surface area contributed by atoms with E-state index in [1.54, 1.807) is 4.90 Å². The molecule has 16 heavy (non-hydrogen) atoms. The highest BCUT2D eigenvalue weighted by Crippen LogP contribution is 2.11. The molecule has 0 aromatic rings. The molecule has 1 aliphatic heterocycles. The van der Waals surface area contributed by atoms with Crippen LogP contribution in [-0.2, 0) is 9.59 Å². The van der Waals surface area contributed by atoms with Gasteiger partial charge in [0.15, 0.2) is 0 Å². The lowest BCUT2D eigenvalue weighted by atomic mass is 10.1. The molecule has 5 nitrogen and oxygen atoms in total. The summed E-state index contributed by atoms with van der Waals surface area (Å²) in [5.41, 5.74) is 0. The number of hydrogen-bond acceptors (Lipinski definition) is 3. The highest BCUT2D eigenvalue weighted by molar-refractivity contribution is 5.86. The molecule has 1 rings (SSSR count). The van der Waals surface area contributed by atoms with Gasteiger partial charge in [-0.3, -0.25) is 9.59 Å². The third-order valence-corrected chi connectivity index (χ3v) is 2.81. The van der Waals surface area contributed by atoms with Gasteiger partial charge in [0.25, 0.3) is 0 Å². The summed E-state index contributed by atoms with van der Waals surface area (Å²) >= 11 is 0. The molecule has 0 saturated carbocycles. The van der Waals surface area contributed by atoms with Crippen molar-refractivity contribution in [3.8, 4) is 0 Å². The van der Waals surface area contributed by atoms with Gasteiger partial charge in [-0.15, -0.1) is 0 Å². The second-order valence-corrected chi connectivity index (χ2v) is 4.00. The fourth-order valence-corrected chi connectivity index (χ4v) is 1.90. The molecule has 5 heteroatoms. The molecule has 1 atom stereocenters. The van der Waals surface area contributed by atoms with Crippen molar-refractivity contribution in [2.75, 3.05) is 32.7 Å². The van der Waals surface area contributed by atoms with Crippen molar-refractivity contribution < 1.29 is 9.59 Å². The summed E-state index contributed by atoms with van der Waals surface area (Å²) in [5, 5.41) is 5.87. The van der Waals surface area contributed by atoms with Crippen LogP contribution in [0.15, 0.2) is 0 Å². The lowest BCUT2D eigenvalue weighted by molar-refractivity contribution is -0.138. The summed E-state index contributed by atoms with van der Waals surface area (Å²) in [5.74, 6) is 0.0665. The quantitative estimate of drug-likeness (QED) is 0.670. The van der Waals surface area contributed by atoms with Crippen LogP contribution >= 0.6 is 0 Å². The SMILES string of the molecule is CCNC(=O)CN(CC)C(=O)C1CCNC1. The van der Waals surface area contributed by atoms with E-state index in [-0.39, 0.29) is 24.3 Å². The van der Waals surface area contributed by atoms with E-state index in [9.17, 15) is 9.59 Å². The maximum absolute atomic E-state index is 12.0. The molecular weight excluding hydrogens is 206 g/mol. The van der Waals surface area contributed by atoms with E-state index in [1.165, 1.54) is 0 Å². The third-order valence-electron chi connectivity index (χ3n) is 2.81. The van der Waals surface area contributed by atoms with E-state index < -0.39 is 0 Å². The minimum atomic E-state index is -0.0799. The van der Waals surface area contributed by atoms with E-state index in [4.69, 9.17) is 0 Å². The summed E-state index contributed by atoms with van der Waals surface area (Å²) in [6.07, 6.45) is 0.880. The van der Waals surface area contributed by atoms with Gasteiger partial charge in [-0.1, -0.05) is 0 Å². The summed E-state index contributed by atoms with van der Waals surface area (Å²) in [6.45, 7) is 6.79. The second-order valence-electron chi connectivity index (χ2n) is 4.00. The fraction of sp³-hybridized carbons (Fsp3) is 0.818. The van der Waals surface area contributed by atoms with Gasteiger partial charge in [0, 0.05) is 19.6 Å². The fourth-order valence-electron chi connectivity index (χ4n) is 1.90. The lowest BCUT2D eigenvalue weighted by Crippen LogP contribution is -2.43. The van der Waals surface area contributed by atoms with E-state index >= 15 is 0 Å². The summed E-state index contributed by atoms with van der Waals surface area (Å²) in [6, 6.07) is 0. The molecule has 2 amide bonds. The minimum Gasteiger partial charge on any atom is -0.355 e. The Balaban J connectivity index is 2.45. The molecule has 1 saturated heterocycles. The van der Waals surface area contributed by atoms with Crippen LogP contribution in [0.4, 0.5) is 0 Å². The normalized spacial score (nSPS) is 19.5.